The largest absolute Gasteiger partial charge is 0.465 e. The molecule has 0 saturated carbocycles. The Labute approximate surface area is 132 Å². The van der Waals surface area contributed by atoms with Crippen LogP contribution in [-0.2, 0) is 9.47 Å². The highest BCUT2D eigenvalue weighted by Crippen LogP contribution is 2.28. The van der Waals surface area contributed by atoms with Crippen molar-refractivity contribution in [1.82, 2.24) is 5.32 Å². The first-order valence-electron chi connectivity index (χ1n) is 6.29. The number of fused-ring (bicyclic) bond motifs is 1. The molecule has 0 spiro atoms. The van der Waals surface area contributed by atoms with Crippen LogP contribution in [-0.4, -0.2) is 38.5 Å². The lowest BCUT2D eigenvalue weighted by molar-refractivity contribution is 0.0606. The minimum absolute atomic E-state index is 0.317. The van der Waals surface area contributed by atoms with Crippen molar-refractivity contribution in [3.63, 3.8) is 0 Å². The second-order valence-corrected chi connectivity index (χ2v) is 5.72. The maximum absolute atomic E-state index is 11.5. The summed E-state index contributed by atoms with van der Waals surface area (Å²) in [6.45, 7) is 1.24. The van der Waals surface area contributed by atoms with Crippen molar-refractivity contribution in [3.8, 4) is 0 Å². The molecule has 0 fully saturated rings. The first kappa shape index (κ1) is 15.7. The number of benzene rings is 1. The van der Waals surface area contributed by atoms with Crippen molar-refractivity contribution in [1.29, 1.82) is 0 Å². The second-order valence-electron chi connectivity index (χ2n) is 4.23. The van der Waals surface area contributed by atoms with Gasteiger partial charge in [0.1, 0.15) is 4.88 Å². The highest BCUT2D eigenvalue weighted by molar-refractivity contribution is 7.80. The van der Waals surface area contributed by atoms with Crippen LogP contribution in [0.25, 0.3) is 10.1 Å². The van der Waals surface area contributed by atoms with Gasteiger partial charge in [0, 0.05) is 24.0 Å². The van der Waals surface area contributed by atoms with E-state index in [1.807, 2.05) is 24.3 Å². The van der Waals surface area contributed by atoms with E-state index in [-0.39, 0.29) is 5.97 Å². The Kier molecular flexibility index (Phi) is 5.49. The minimum atomic E-state index is -0.317. The molecular weight excluding hydrogens is 308 g/mol. The van der Waals surface area contributed by atoms with Crippen molar-refractivity contribution in [2.75, 3.05) is 32.7 Å². The van der Waals surface area contributed by atoms with E-state index in [0.717, 1.165) is 15.8 Å². The van der Waals surface area contributed by atoms with Gasteiger partial charge in [-0.1, -0.05) is 0 Å². The number of ether oxygens (including phenoxy) is 2. The summed E-state index contributed by atoms with van der Waals surface area (Å²) >= 11 is 6.60. The van der Waals surface area contributed by atoms with E-state index in [0.29, 0.717) is 23.1 Å². The summed E-state index contributed by atoms with van der Waals surface area (Å²) in [5.74, 6) is -0.317. The lowest BCUT2D eigenvalue weighted by Crippen LogP contribution is -2.31. The first-order chi connectivity index (χ1) is 10.1. The molecule has 2 aromatic rings. The molecule has 0 aliphatic heterocycles. The smallest absolute Gasteiger partial charge is 0.348 e. The number of methoxy groups -OCH3 is 2. The van der Waals surface area contributed by atoms with E-state index in [2.05, 4.69) is 10.6 Å². The van der Waals surface area contributed by atoms with E-state index < -0.39 is 0 Å². The summed E-state index contributed by atoms with van der Waals surface area (Å²) in [6.07, 6.45) is 0. The number of hydrogen-bond donors (Lipinski definition) is 2. The molecular formula is C14H16N2O3S2. The van der Waals surface area contributed by atoms with Crippen LogP contribution in [0, 0.1) is 0 Å². The quantitative estimate of drug-likeness (QED) is 0.501. The van der Waals surface area contributed by atoms with E-state index in [1.165, 1.54) is 18.4 Å². The predicted octanol–water partition coefficient (Wildman–Crippen LogP) is 2.62. The van der Waals surface area contributed by atoms with Crippen molar-refractivity contribution < 1.29 is 14.3 Å². The molecule has 7 heteroatoms. The van der Waals surface area contributed by atoms with Crippen LogP contribution in [0.1, 0.15) is 9.67 Å². The fourth-order valence-corrected chi connectivity index (χ4v) is 2.95. The van der Waals surface area contributed by atoms with Crippen LogP contribution in [0.2, 0.25) is 0 Å². The van der Waals surface area contributed by atoms with Gasteiger partial charge in [-0.2, -0.15) is 0 Å². The van der Waals surface area contributed by atoms with Crippen LogP contribution in [0.15, 0.2) is 24.3 Å². The number of hydrogen-bond acceptors (Lipinski definition) is 5. The monoisotopic (exact) mass is 324 g/mol. The molecule has 112 valence electrons. The molecule has 0 aliphatic carbocycles. The lowest BCUT2D eigenvalue weighted by Gasteiger charge is -2.10. The zero-order chi connectivity index (χ0) is 15.2. The zero-order valence-electron chi connectivity index (χ0n) is 11.8. The fraction of sp³-hybridized carbons (Fsp3) is 0.286. The van der Waals surface area contributed by atoms with Gasteiger partial charge in [-0.15, -0.1) is 11.3 Å². The summed E-state index contributed by atoms with van der Waals surface area (Å²) in [5.41, 5.74) is 0.867. The molecule has 0 atom stereocenters. The first-order valence-corrected chi connectivity index (χ1v) is 7.52. The van der Waals surface area contributed by atoms with Crippen LogP contribution < -0.4 is 10.6 Å². The fourth-order valence-electron chi connectivity index (χ4n) is 1.76. The molecule has 0 aliphatic rings. The van der Waals surface area contributed by atoms with Gasteiger partial charge in [-0.05, 0) is 41.9 Å². The van der Waals surface area contributed by atoms with Crippen LogP contribution >= 0.6 is 23.6 Å². The molecule has 2 N–H and O–H groups in total. The van der Waals surface area contributed by atoms with Crippen molar-refractivity contribution in [3.05, 3.63) is 29.1 Å². The Balaban J connectivity index is 2.08. The number of thiocarbonyl (C=S) groups is 1. The van der Waals surface area contributed by atoms with Crippen molar-refractivity contribution >= 4 is 50.4 Å². The van der Waals surface area contributed by atoms with Gasteiger partial charge < -0.3 is 20.1 Å². The summed E-state index contributed by atoms with van der Waals surface area (Å²) < 4.78 is 10.7. The van der Waals surface area contributed by atoms with Crippen LogP contribution in [0.3, 0.4) is 0 Å². The molecule has 0 bridgehead atoms. The maximum Gasteiger partial charge on any atom is 0.348 e. The third-order valence-electron chi connectivity index (χ3n) is 2.75. The highest BCUT2D eigenvalue weighted by Gasteiger charge is 2.10. The molecule has 1 aromatic heterocycles. The van der Waals surface area contributed by atoms with Gasteiger partial charge >= 0.3 is 5.97 Å². The molecule has 1 aromatic carbocycles. The summed E-state index contributed by atoms with van der Waals surface area (Å²) in [7, 11) is 3.02. The Morgan fingerprint density at radius 2 is 2.14 bits per heavy atom. The highest BCUT2D eigenvalue weighted by atomic mass is 32.1. The molecule has 0 radical (unpaired) electrons. The van der Waals surface area contributed by atoms with Gasteiger partial charge in [0.05, 0.1) is 13.7 Å². The molecule has 2 rings (SSSR count). The van der Waals surface area contributed by atoms with Crippen LogP contribution in [0.4, 0.5) is 5.69 Å². The second kappa shape index (κ2) is 7.35. The number of esters is 1. The topological polar surface area (TPSA) is 59.6 Å². The standard InChI is InChI=1S/C14H16N2O3S2/c1-18-6-5-15-14(20)16-10-3-4-11-9(7-10)8-12(21-11)13(17)19-2/h3-4,7-8H,5-6H2,1-2H3,(H2,15,16,20). The zero-order valence-corrected chi connectivity index (χ0v) is 13.4. The lowest BCUT2D eigenvalue weighted by atomic mass is 10.2. The molecule has 0 unspecified atom stereocenters. The Morgan fingerprint density at radius 1 is 1.33 bits per heavy atom. The minimum Gasteiger partial charge on any atom is -0.465 e. The summed E-state index contributed by atoms with van der Waals surface area (Å²) in [4.78, 5) is 12.1. The van der Waals surface area contributed by atoms with Crippen LogP contribution in [0.5, 0.6) is 0 Å². The number of nitrogens with one attached hydrogen (secondary N) is 2. The van der Waals surface area contributed by atoms with Crippen molar-refractivity contribution in [2.24, 2.45) is 0 Å². The van der Waals surface area contributed by atoms with Gasteiger partial charge in [-0.25, -0.2) is 4.79 Å². The third kappa shape index (κ3) is 4.13. The summed E-state index contributed by atoms with van der Waals surface area (Å²) in [6, 6.07) is 7.64. The Morgan fingerprint density at radius 3 is 2.86 bits per heavy atom. The number of anilines is 1. The number of carbonyl (C=O) groups is 1. The van der Waals surface area contributed by atoms with E-state index in [9.17, 15) is 4.79 Å². The Hall–Kier alpha value is -1.70. The number of rotatable bonds is 5. The molecule has 0 amide bonds. The SMILES string of the molecule is COCCNC(=S)Nc1ccc2sc(C(=O)OC)cc2c1. The van der Waals surface area contributed by atoms with E-state index in [1.54, 1.807) is 7.11 Å². The average molecular weight is 324 g/mol. The number of carbonyl (C=O) groups excluding carboxylic acids is 1. The Bertz CT molecular complexity index is 655. The van der Waals surface area contributed by atoms with E-state index >= 15 is 0 Å². The van der Waals surface area contributed by atoms with Gasteiger partial charge in [0.2, 0.25) is 0 Å². The van der Waals surface area contributed by atoms with Gasteiger partial charge in [0.15, 0.2) is 5.11 Å². The van der Waals surface area contributed by atoms with Gasteiger partial charge in [-0.3, -0.25) is 0 Å². The molecule has 1 heterocycles. The molecule has 0 saturated heterocycles. The summed E-state index contributed by atoms with van der Waals surface area (Å²) in [5, 5.41) is 7.65. The maximum atomic E-state index is 11.5. The number of thiophene rings is 1. The molecule has 5 nitrogen and oxygen atoms in total. The normalized spacial score (nSPS) is 10.4. The molecule has 21 heavy (non-hydrogen) atoms. The average Bonchev–Trinajstić information content (AvgIpc) is 2.90. The van der Waals surface area contributed by atoms with E-state index in [4.69, 9.17) is 21.7 Å². The van der Waals surface area contributed by atoms with Gasteiger partial charge in [0.25, 0.3) is 0 Å². The van der Waals surface area contributed by atoms with Crippen molar-refractivity contribution in [2.45, 2.75) is 0 Å². The third-order valence-corrected chi connectivity index (χ3v) is 4.10. The predicted molar refractivity (Wildman–Crippen MR) is 89.3 cm³/mol.